The summed E-state index contributed by atoms with van der Waals surface area (Å²) in [6.07, 6.45) is 5.28. The third-order valence-corrected chi connectivity index (χ3v) is 6.22. The highest BCUT2D eigenvalue weighted by atomic mass is 16.4. The quantitative estimate of drug-likeness (QED) is 0.897. The van der Waals surface area contributed by atoms with Crippen LogP contribution in [0.15, 0.2) is 18.3 Å². The smallest absolute Gasteiger partial charge is 0.309 e. The number of hydrogen-bond acceptors (Lipinski definition) is 3. The van der Waals surface area contributed by atoms with E-state index in [0.717, 1.165) is 12.8 Å². The first-order valence-corrected chi connectivity index (χ1v) is 8.89. The zero-order valence-corrected chi connectivity index (χ0v) is 14.4. The number of rotatable bonds is 3. The summed E-state index contributed by atoms with van der Waals surface area (Å²) < 4.78 is 2.05. The van der Waals surface area contributed by atoms with Crippen molar-refractivity contribution in [3.05, 3.63) is 24.0 Å². The Morgan fingerprint density at radius 2 is 1.92 bits per heavy atom. The highest BCUT2D eigenvalue weighted by Crippen LogP contribution is 2.43. The van der Waals surface area contributed by atoms with Crippen LogP contribution >= 0.6 is 0 Å². The molecule has 0 bridgehead atoms. The SMILES string of the molecule is CN1C(=O)CC(C(=O)O)C12CCN(C(=O)c1cccn1C1CC1)CC2. The molecule has 1 N–H and O–H groups in total. The molecule has 3 aliphatic rings. The summed E-state index contributed by atoms with van der Waals surface area (Å²) in [4.78, 5) is 40.0. The van der Waals surface area contributed by atoms with E-state index in [9.17, 15) is 19.5 Å². The largest absolute Gasteiger partial charge is 0.481 e. The fourth-order valence-electron chi connectivity index (χ4n) is 4.49. The molecule has 1 spiro atoms. The van der Waals surface area contributed by atoms with Gasteiger partial charge in [0, 0.05) is 38.8 Å². The lowest BCUT2D eigenvalue weighted by atomic mass is 9.77. The van der Waals surface area contributed by atoms with Gasteiger partial charge < -0.3 is 19.5 Å². The van der Waals surface area contributed by atoms with Gasteiger partial charge in [0.05, 0.1) is 11.5 Å². The summed E-state index contributed by atoms with van der Waals surface area (Å²) in [5.74, 6) is -1.71. The summed E-state index contributed by atoms with van der Waals surface area (Å²) >= 11 is 0. The Kier molecular flexibility index (Phi) is 3.63. The predicted molar refractivity (Wildman–Crippen MR) is 89.1 cm³/mol. The molecule has 4 rings (SSSR count). The van der Waals surface area contributed by atoms with Crippen molar-refractivity contribution >= 4 is 17.8 Å². The van der Waals surface area contributed by atoms with Crippen molar-refractivity contribution in [3.8, 4) is 0 Å². The molecule has 134 valence electrons. The van der Waals surface area contributed by atoms with Crippen molar-refractivity contribution in [2.75, 3.05) is 20.1 Å². The van der Waals surface area contributed by atoms with Crippen LogP contribution in [0.5, 0.6) is 0 Å². The van der Waals surface area contributed by atoms with E-state index >= 15 is 0 Å². The second-order valence-electron chi connectivity index (χ2n) is 7.48. The molecule has 3 heterocycles. The van der Waals surface area contributed by atoms with Crippen molar-refractivity contribution in [1.82, 2.24) is 14.4 Å². The lowest BCUT2D eigenvalue weighted by Gasteiger charge is -2.45. The van der Waals surface area contributed by atoms with E-state index in [1.54, 1.807) is 16.8 Å². The van der Waals surface area contributed by atoms with Crippen LogP contribution in [-0.2, 0) is 9.59 Å². The van der Waals surface area contributed by atoms with Gasteiger partial charge in [-0.3, -0.25) is 14.4 Å². The zero-order valence-electron chi connectivity index (χ0n) is 14.4. The highest BCUT2D eigenvalue weighted by Gasteiger charge is 2.55. The number of hydrogen-bond donors (Lipinski definition) is 1. The number of carbonyl (C=O) groups is 3. The third kappa shape index (κ3) is 2.44. The molecule has 0 radical (unpaired) electrons. The van der Waals surface area contributed by atoms with Crippen LogP contribution in [0.3, 0.4) is 0 Å². The number of nitrogens with zero attached hydrogens (tertiary/aromatic N) is 3. The van der Waals surface area contributed by atoms with Crippen molar-refractivity contribution in [1.29, 1.82) is 0 Å². The van der Waals surface area contributed by atoms with E-state index in [4.69, 9.17) is 0 Å². The van der Waals surface area contributed by atoms with Crippen LogP contribution < -0.4 is 0 Å². The van der Waals surface area contributed by atoms with Gasteiger partial charge in [0.15, 0.2) is 0 Å². The van der Waals surface area contributed by atoms with Gasteiger partial charge in [0.25, 0.3) is 5.91 Å². The molecule has 1 aromatic rings. The van der Waals surface area contributed by atoms with Gasteiger partial charge in [-0.1, -0.05) is 0 Å². The Labute approximate surface area is 146 Å². The predicted octanol–water partition coefficient (Wildman–Crippen LogP) is 1.36. The summed E-state index contributed by atoms with van der Waals surface area (Å²) in [5, 5.41) is 9.53. The second kappa shape index (κ2) is 5.61. The molecule has 1 atom stereocenters. The minimum absolute atomic E-state index is 0.00519. The summed E-state index contributed by atoms with van der Waals surface area (Å²) in [5.41, 5.74) is 0.0575. The highest BCUT2D eigenvalue weighted by molar-refractivity contribution is 5.93. The normalized spacial score (nSPS) is 25.6. The topological polar surface area (TPSA) is 82.8 Å². The number of carbonyl (C=O) groups excluding carboxylic acids is 2. The molecule has 0 aromatic carbocycles. The van der Waals surface area contributed by atoms with E-state index in [0.29, 0.717) is 37.7 Å². The van der Waals surface area contributed by atoms with Crippen LogP contribution in [0.2, 0.25) is 0 Å². The Bertz CT molecular complexity index is 728. The fraction of sp³-hybridized carbons (Fsp3) is 0.611. The minimum Gasteiger partial charge on any atom is -0.481 e. The number of aliphatic carboxylic acids is 1. The number of carboxylic acids is 1. The number of piperidine rings is 1. The minimum atomic E-state index is -0.917. The zero-order chi connectivity index (χ0) is 17.8. The molecule has 3 fully saturated rings. The van der Waals surface area contributed by atoms with Gasteiger partial charge in [0.2, 0.25) is 5.91 Å². The standard InChI is InChI=1S/C18H23N3O4/c1-19-15(22)11-13(17(24)25)18(19)6-9-20(10-7-18)16(23)14-3-2-8-21(14)12-4-5-12/h2-3,8,12-13H,4-7,9-11H2,1H3,(H,24,25). The maximum absolute atomic E-state index is 12.9. The lowest BCUT2D eigenvalue weighted by molar-refractivity contribution is -0.145. The van der Waals surface area contributed by atoms with E-state index in [1.165, 1.54) is 0 Å². The van der Waals surface area contributed by atoms with Gasteiger partial charge in [-0.05, 0) is 37.8 Å². The molecule has 25 heavy (non-hydrogen) atoms. The van der Waals surface area contributed by atoms with Crippen LogP contribution in [0, 0.1) is 5.92 Å². The lowest BCUT2D eigenvalue weighted by Crippen LogP contribution is -2.57. The average molecular weight is 345 g/mol. The molecule has 2 saturated heterocycles. The van der Waals surface area contributed by atoms with E-state index in [1.807, 2.05) is 18.3 Å². The van der Waals surface area contributed by atoms with E-state index in [2.05, 4.69) is 4.57 Å². The van der Waals surface area contributed by atoms with Gasteiger partial charge >= 0.3 is 5.97 Å². The summed E-state index contributed by atoms with van der Waals surface area (Å²) in [6, 6.07) is 4.21. The van der Waals surface area contributed by atoms with E-state index < -0.39 is 17.4 Å². The molecule has 2 aliphatic heterocycles. The van der Waals surface area contributed by atoms with Crippen LogP contribution in [0.4, 0.5) is 0 Å². The number of likely N-dealkylation sites (tertiary alicyclic amines) is 2. The Balaban J connectivity index is 1.51. The van der Waals surface area contributed by atoms with Crippen molar-refractivity contribution in [3.63, 3.8) is 0 Å². The Morgan fingerprint density at radius 3 is 2.52 bits per heavy atom. The maximum atomic E-state index is 12.9. The summed E-state index contributed by atoms with van der Waals surface area (Å²) in [6.45, 7) is 0.964. The maximum Gasteiger partial charge on any atom is 0.309 e. The van der Waals surface area contributed by atoms with Gasteiger partial charge in [-0.2, -0.15) is 0 Å². The molecule has 7 nitrogen and oxygen atoms in total. The first-order chi connectivity index (χ1) is 11.9. The van der Waals surface area contributed by atoms with Gasteiger partial charge in [-0.15, -0.1) is 0 Å². The fourth-order valence-corrected chi connectivity index (χ4v) is 4.49. The number of carboxylic acid groups (broad SMARTS) is 1. The molecule has 1 saturated carbocycles. The van der Waals surface area contributed by atoms with Crippen LogP contribution in [0.1, 0.15) is 48.6 Å². The molecule has 7 heteroatoms. The molecular formula is C18H23N3O4. The second-order valence-corrected chi connectivity index (χ2v) is 7.48. The first-order valence-electron chi connectivity index (χ1n) is 8.89. The third-order valence-electron chi connectivity index (χ3n) is 6.22. The first kappa shape index (κ1) is 16.2. The summed E-state index contributed by atoms with van der Waals surface area (Å²) in [7, 11) is 1.70. The molecule has 1 aliphatic carbocycles. The van der Waals surface area contributed by atoms with Gasteiger partial charge in [-0.25, -0.2) is 0 Å². The molecule has 2 amide bonds. The molecular weight excluding hydrogens is 322 g/mol. The van der Waals surface area contributed by atoms with Crippen LogP contribution in [-0.4, -0.2) is 62.9 Å². The van der Waals surface area contributed by atoms with Crippen molar-refractivity contribution < 1.29 is 19.5 Å². The molecule has 1 aromatic heterocycles. The molecule has 1 unspecified atom stereocenters. The Hall–Kier alpha value is -2.31. The van der Waals surface area contributed by atoms with E-state index in [-0.39, 0.29) is 18.2 Å². The monoisotopic (exact) mass is 345 g/mol. The number of aromatic nitrogens is 1. The average Bonchev–Trinajstić information content (AvgIpc) is 3.28. The number of amides is 2. The van der Waals surface area contributed by atoms with Crippen LogP contribution in [0.25, 0.3) is 0 Å². The van der Waals surface area contributed by atoms with Crippen molar-refractivity contribution in [2.24, 2.45) is 5.92 Å². The Morgan fingerprint density at radius 1 is 1.24 bits per heavy atom. The van der Waals surface area contributed by atoms with Crippen molar-refractivity contribution in [2.45, 2.75) is 43.7 Å². The van der Waals surface area contributed by atoms with Gasteiger partial charge in [0.1, 0.15) is 5.69 Å².